The number of nitrogens with zero attached hydrogens (tertiary/aromatic N) is 1. The lowest BCUT2D eigenvalue weighted by Crippen LogP contribution is -2.10. The highest BCUT2D eigenvalue weighted by Crippen LogP contribution is 2.45. The fourth-order valence-electron chi connectivity index (χ4n) is 7.67. The zero-order valence-corrected chi connectivity index (χ0v) is 26.1. The molecule has 0 atom stereocenters. The molecule has 224 valence electrons. The molecule has 10 aromatic rings. The predicted molar refractivity (Wildman–Crippen MR) is 204 cm³/mol. The zero-order chi connectivity index (χ0) is 31.6. The van der Waals surface area contributed by atoms with E-state index in [2.05, 4.69) is 175 Å². The number of hydrogen-bond acceptors (Lipinski definition) is 2. The average molecular weight is 612 g/mol. The van der Waals surface area contributed by atoms with Gasteiger partial charge in [0.1, 0.15) is 11.2 Å². The summed E-state index contributed by atoms with van der Waals surface area (Å²) >= 11 is 0. The van der Waals surface area contributed by atoms with Gasteiger partial charge in [0.2, 0.25) is 0 Å². The van der Waals surface area contributed by atoms with E-state index in [1.165, 1.54) is 54.2 Å². The van der Waals surface area contributed by atoms with Crippen molar-refractivity contribution in [2.75, 3.05) is 4.90 Å². The van der Waals surface area contributed by atoms with Crippen LogP contribution >= 0.6 is 0 Å². The smallest absolute Gasteiger partial charge is 0.138 e. The van der Waals surface area contributed by atoms with Crippen LogP contribution < -0.4 is 4.90 Å². The molecule has 0 fully saturated rings. The van der Waals surface area contributed by atoms with Crippen LogP contribution in [-0.4, -0.2) is 0 Å². The minimum atomic E-state index is 0.887. The Balaban J connectivity index is 1.18. The maximum Gasteiger partial charge on any atom is 0.138 e. The Bertz CT molecular complexity index is 2830. The maximum absolute atomic E-state index is 6.48. The number of rotatable bonds is 4. The predicted octanol–water partition coefficient (Wildman–Crippen LogP) is 13.3. The van der Waals surface area contributed by atoms with E-state index in [0.29, 0.717) is 0 Å². The molecule has 0 unspecified atom stereocenters. The molecule has 10 rings (SSSR count). The molecule has 0 aliphatic heterocycles. The van der Waals surface area contributed by atoms with Crippen molar-refractivity contribution in [3.8, 4) is 11.1 Å². The van der Waals surface area contributed by atoms with Crippen molar-refractivity contribution in [1.29, 1.82) is 0 Å². The number of para-hydroxylation sites is 2. The minimum Gasteiger partial charge on any atom is -0.456 e. The standard InChI is InChI=1S/C46H29NO/c1-2-13-33(14-3-1)47(42-29-44-46(39-19-9-7-17-37(39)42)40-20-10-11-21-43(40)48-44)34-26-24-31(25-27-34)41-28-32-23-22-30-12-4-5-15-35(30)45(32)38-18-8-6-16-36(38)41/h1-29H. The molecule has 1 aromatic heterocycles. The lowest BCUT2D eigenvalue weighted by molar-refractivity contribution is 0.669. The summed E-state index contributed by atoms with van der Waals surface area (Å²) in [6.07, 6.45) is 0. The van der Waals surface area contributed by atoms with E-state index in [0.717, 1.165) is 39.0 Å². The molecule has 9 aromatic carbocycles. The van der Waals surface area contributed by atoms with Crippen molar-refractivity contribution in [3.05, 3.63) is 176 Å². The van der Waals surface area contributed by atoms with Crippen LogP contribution in [0.1, 0.15) is 0 Å². The Kier molecular flexibility index (Phi) is 5.91. The first-order valence-corrected chi connectivity index (χ1v) is 16.4. The first kappa shape index (κ1) is 26.8. The number of hydrogen-bond donors (Lipinski definition) is 0. The van der Waals surface area contributed by atoms with Gasteiger partial charge in [-0.25, -0.2) is 0 Å². The van der Waals surface area contributed by atoms with Crippen LogP contribution in [0.25, 0.3) is 76.2 Å². The SMILES string of the molecule is c1ccc(N(c2ccc(-c3cc4ccc5ccccc5c4c4ccccc34)cc2)c2cc3oc4ccccc4c3c3ccccc23)cc1. The van der Waals surface area contributed by atoms with Crippen LogP contribution in [0.4, 0.5) is 17.1 Å². The molecular formula is C46H29NO. The highest BCUT2D eigenvalue weighted by Gasteiger charge is 2.20. The van der Waals surface area contributed by atoms with Gasteiger partial charge in [0.15, 0.2) is 0 Å². The van der Waals surface area contributed by atoms with E-state index >= 15 is 0 Å². The summed E-state index contributed by atoms with van der Waals surface area (Å²) in [6, 6.07) is 63.2. The number of fused-ring (bicyclic) bond motifs is 10. The molecular weight excluding hydrogens is 583 g/mol. The number of furan rings is 1. The molecule has 0 spiro atoms. The Labute approximate surface area is 277 Å². The Morgan fingerprint density at radius 3 is 1.73 bits per heavy atom. The summed E-state index contributed by atoms with van der Waals surface area (Å²) < 4.78 is 6.48. The molecule has 0 saturated heterocycles. The monoisotopic (exact) mass is 611 g/mol. The fraction of sp³-hybridized carbons (Fsp3) is 0. The topological polar surface area (TPSA) is 16.4 Å². The normalized spacial score (nSPS) is 11.8. The van der Waals surface area contributed by atoms with E-state index in [-0.39, 0.29) is 0 Å². The second kappa shape index (κ2) is 10.6. The molecule has 0 N–H and O–H groups in total. The summed E-state index contributed by atoms with van der Waals surface area (Å²) in [6.45, 7) is 0. The van der Waals surface area contributed by atoms with Crippen LogP contribution in [0.2, 0.25) is 0 Å². The van der Waals surface area contributed by atoms with Crippen LogP contribution in [0.15, 0.2) is 180 Å². The number of anilines is 3. The molecule has 48 heavy (non-hydrogen) atoms. The molecule has 0 aliphatic carbocycles. The van der Waals surface area contributed by atoms with Crippen molar-refractivity contribution in [1.82, 2.24) is 0 Å². The van der Waals surface area contributed by atoms with Gasteiger partial charge in [-0.2, -0.15) is 0 Å². The zero-order valence-electron chi connectivity index (χ0n) is 26.1. The largest absolute Gasteiger partial charge is 0.456 e. The molecule has 1 heterocycles. The van der Waals surface area contributed by atoms with Gasteiger partial charge >= 0.3 is 0 Å². The maximum atomic E-state index is 6.48. The number of benzene rings is 9. The van der Waals surface area contributed by atoms with Gasteiger partial charge in [0.05, 0.1) is 5.69 Å². The molecule has 0 aliphatic rings. The molecule has 0 radical (unpaired) electrons. The van der Waals surface area contributed by atoms with Crippen molar-refractivity contribution in [2.45, 2.75) is 0 Å². The Morgan fingerprint density at radius 2 is 0.938 bits per heavy atom. The van der Waals surface area contributed by atoms with Crippen LogP contribution in [-0.2, 0) is 0 Å². The van der Waals surface area contributed by atoms with Crippen LogP contribution in [0.3, 0.4) is 0 Å². The van der Waals surface area contributed by atoms with E-state index in [9.17, 15) is 0 Å². The summed E-state index contributed by atoms with van der Waals surface area (Å²) in [5, 5.41) is 12.3. The minimum absolute atomic E-state index is 0.887. The molecule has 2 heteroatoms. The second-order valence-corrected chi connectivity index (χ2v) is 12.5. The lowest BCUT2D eigenvalue weighted by Gasteiger charge is -2.27. The van der Waals surface area contributed by atoms with Gasteiger partial charge in [0, 0.05) is 33.6 Å². The highest BCUT2D eigenvalue weighted by molar-refractivity contribution is 6.24. The van der Waals surface area contributed by atoms with Gasteiger partial charge in [-0.3, -0.25) is 0 Å². The summed E-state index contributed by atoms with van der Waals surface area (Å²) in [5.74, 6) is 0. The molecule has 0 amide bonds. The van der Waals surface area contributed by atoms with E-state index in [4.69, 9.17) is 4.42 Å². The van der Waals surface area contributed by atoms with Crippen molar-refractivity contribution < 1.29 is 4.42 Å². The van der Waals surface area contributed by atoms with Crippen molar-refractivity contribution >= 4 is 82.1 Å². The highest BCUT2D eigenvalue weighted by atomic mass is 16.3. The van der Waals surface area contributed by atoms with Gasteiger partial charge in [-0.05, 0) is 85.2 Å². The van der Waals surface area contributed by atoms with Crippen LogP contribution in [0.5, 0.6) is 0 Å². The van der Waals surface area contributed by atoms with E-state index in [1.54, 1.807) is 0 Å². The summed E-state index contributed by atoms with van der Waals surface area (Å²) in [4.78, 5) is 2.35. The van der Waals surface area contributed by atoms with Gasteiger partial charge in [-0.1, -0.05) is 133 Å². The second-order valence-electron chi connectivity index (χ2n) is 12.5. The van der Waals surface area contributed by atoms with Crippen molar-refractivity contribution in [3.63, 3.8) is 0 Å². The lowest BCUT2D eigenvalue weighted by atomic mass is 9.90. The molecule has 2 nitrogen and oxygen atoms in total. The summed E-state index contributed by atoms with van der Waals surface area (Å²) in [7, 11) is 0. The van der Waals surface area contributed by atoms with E-state index in [1.807, 2.05) is 6.07 Å². The van der Waals surface area contributed by atoms with Crippen molar-refractivity contribution in [2.24, 2.45) is 0 Å². The third kappa shape index (κ3) is 4.06. The van der Waals surface area contributed by atoms with Gasteiger partial charge in [0.25, 0.3) is 0 Å². The first-order chi connectivity index (χ1) is 23.8. The van der Waals surface area contributed by atoms with Gasteiger partial charge < -0.3 is 9.32 Å². The Morgan fingerprint density at radius 1 is 0.354 bits per heavy atom. The molecule has 0 bridgehead atoms. The van der Waals surface area contributed by atoms with Crippen LogP contribution in [0, 0.1) is 0 Å². The van der Waals surface area contributed by atoms with Gasteiger partial charge in [-0.15, -0.1) is 0 Å². The quantitative estimate of drug-likeness (QED) is 0.184. The average Bonchev–Trinajstić information content (AvgIpc) is 3.54. The first-order valence-electron chi connectivity index (χ1n) is 16.4. The third-order valence-corrected chi connectivity index (χ3v) is 9.80. The third-order valence-electron chi connectivity index (χ3n) is 9.80. The summed E-state index contributed by atoms with van der Waals surface area (Å²) in [5.41, 5.74) is 7.48. The van der Waals surface area contributed by atoms with E-state index < -0.39 is 0 Å². The fourth-order valence-corrected chi connectivity index (χ4v) is 7.67. The Hall–Kier alpha value is -6.38. The molecule has 0 saturated carbocycles.